The lowest BCUT2D eigenvalue weighted by Gasteiger charge is -2.04. The van der Waals surface area contributed by atoms with Gasteiger partial charge in [-0.05, 0) is 12.3 Å². The molecule has 1 heteroatoms. The maximum atomic E-state index is 8.34. The number of unbranched alkanes of at least 4 members (excludes halogenated alkanes) is 2. The van der Waals surface area contributed by atoms with Crippen molar-refractivity contribution in [2.75, 3.05) is 0 Å². The Hall–Kier alpha value is -0.510. The summed E-state index contributed by atoms with van der Waals surface area (Å²) in [4.78, 5) is 0. The van der Waals surface area contributed by atoms with Gasteiger partial charge >= 0.3 is 0 Å². The number of hydrogen-bond acceptors (Lipinski definition) is 1. The average molecular weight is 139 g/mol. The number of nitrogens with zero attached hydrogens (tertiary/aromatic N) is 1. The number of rotatable bonds is 5. The summed E-state index contributed by atoms with van der Waals surface area (Å²) in [6.45, 7) is 4.35. The highest BCUT2D eigenvalue weighted by Gasteiger charge is 1.98. The summed E-state index contributed by atoms with van der Waals surface area (Å²) < 4.78 is 0. The lowest BCUT2D eigenvalue weighted by molar-refractivity contribution is 0.504. The Morgan fingerprint density at radius 2 is 2.10 bits per heavy atom. The molecule has 0 N–H and O–H groups in total. The van der Waals surface area contributed by atoms with E-state index in [0.29, 0.717) is 5.92 Å². The van der Waals surface area contributed by atoms with E-state index < -0.39 is 0 Å². The fraction of sp³-hybridized carbons (Fsp3) is 0.889. The summed E-state index contributed by atoms with van der Waals surface area (Å²) >= 11 is 0. The van der Waals surface area contributed by atoms with Gasteiger partial charge < -0.3 is 0 Å². The second-order valence-corrected chi connectivity index (χ2v) is 2.96. The molecule has 0 aromatic heterocycles. The van der Waals surface area contributed by atoms with Gasteiger partial charge in [0.05, 0.1) is 6.07 Å². The minimum Gasteiger partial charge on any atom is -0.198 e. The van der Waals surface area contributed by atoms with E-state index in [1.807, 2.05) is 0 Å². The number of hydrogen-bond donors (Lipinski definition) is 0. The van der Waals surface area contributed by atoms with Gasteiger partial charge in [0.25, 0.3) is 0 Å². The van der Waals surface area contributed by atoms with Crippen LogP contribution in [0.1, 0.15) is 46.0 Å². The molecule has 0 unspecified atom stereocenters. The fourth-order valence-electron chi connectivity index (χ4n) is 1.00. The van der Waals surface area contributed by atoms with Gasteiger partial charge in [-0.25, -0.2) is 0 Å². The molecule has 1 atom stereocenters. The molecule has 0 fully saturated rings. The van der Waals surface area contributed by atoms with E-state index in [1.54, 1.807) is 0 Å². The standard InChI is InChI=1S/C9H17N/c1-3-4-5-6-9(2)7-8-10/h9H,3-7H2,1-2H3/t9-/m1/s1. The largest absolute Gasteiger partial charge is 0.198 e. The van der Waals surface area contributed by atoms with Crippen LogP contribution >= 0.6 is 0 Å². The second kappa shape index (κ2) is 6.61. The van der Waals surface area contributed by atoms with Crippen LogP contribution in [0.3, 0.4) is 0 Å². The molecule has 0 aromatic carbocycles. The van der Waals surface area contributed by atoms with Crippen LogP contribution in [0.2, 0.25) is 0 Å². The van der Waals surface area contributed by atoms with E-state index in [-0.39, 0.29) is 0 Å². The minimum absolute atomic E-state index is 0.608. The van der Waals surface area contributed by atoms with Crippen molar-refractivity contribution >= 4 is 0 Å². The lowest BCUT2D eigenvalue weighted by atomic mass is 10.0. The van der Waals surface area contributed by atoms with E-state index in [9.17, 15) is 0 Å². The van der Waals surface area contributed by atoms with Crippen LogP contribution in [0.25, 0.3) is 0 Å². The first-order valence-corrected chi connectivity index (χ1v) is 4.18. The van der Waals surface area contributed by atoms with Crippen LogP contribution in [0.5, 0.6) is 0 Å². The van der Waals surface area contributed by atoms with Crippen molar-refractivity contribution in [2.24, 2.45) is 5.92 Å². The van der Waals surface area contributed by atoms with E-state index >= 15 is 0 Å². The SMILES string of the molecule is CCCCC[C@@H](C)CC#N. The highest BCUT2D eigenvalue weighted by atomic mass is 14.2. The molecule has 0 bridgehead atoms. The Morgan fingerprint density at radius 3 is 2.60 bits per heavy atom. The molecule has 0 saturated heterocycles. The van der Waals surface area contributed by atoms with E-state index in [2.05, 4.69) is 19.9 Å². The van der Waals surface area contributed by atoms with Crippen molar-refractivity contribution in [3.63, 3.8) is 0 Å². The van der Waals surface area contributed by atoms with Crippen molar-refractivity contribution < 1.29 is 0 Å². The third-order valence-corrected chi connectivity index (χ3v) is 1.74. The monoisotopic (exact) mass is 139 g/mol. The first kappa shape index (κ1) is 9.49. The molecule has 1 nitrogen and oxygen atoms in total. The Balaban J connectivity index is 3.06. The topological polar surface area (TPSA) is 23.8 Å². The van der Waals surface area contributed by atoms with Crippen LogP contribution in [-0.4, -0.2) is 0 Å². The van der Waals surface area contributed by atoms with Crippen LogP contribution in [0, 0.1) is 17.2 Å². The van der Waals surface area contributed by atoms with E-state index in [1.165, 1.54) is 25.7 Å². The molecule has 0 saturated carbocycles. The van der Waals surface area contributed by atoms with E-state index in [0.717, 1.165) is 6.42 Å². The Morgan fingerprint density at radius 1 is 1.40 bits per heavy atom. The first-order valence-electron chi connectivity index (χ1n) is 4.18. The van der Waals surface area contributed by atoms with Gasteiger partial charge in [0.15, 0.2) is 0 Å². The molecule has 58 valence electrons. The van der Waals surface area contributed by atoms with Gasteiger partial charge in [0.1, 0.15) is 0 Å². The minimum atomic E-state index is 0.608. The predicted molar refractivity (Wildman–Crippen MR) is 43.5 cm³/mol. The second-order valence-electron chi connectivity index (χ2n) is 2.96. The molecule has 0 heterocycles. The maximum absolute atomic E-state index is 8.34. The highest BCUT2D eigenvalue weighted by molar-refractivity contribution is 4.72. The molecule has 0 aromatic rings. The quantitative estimate of drug-likeness (QED) is 0.537. The number of nitriles is 1. The Labute approximate surface area is 64.1 Å². The van der Waals surface area contributed by atoms with Crippen molar-refractivity contribution in [1.82, 2.24) is 0 Å². The van der Waals surface area contributed by atoms with Crippen LogP contribution in [0.15, 0.2) is 0 Å². The summed E-state index contributed by atoms with van der Waals surface area (Å²) in [5, 5.41) is 8.34. The molecule has 0 rings (SSSR count). The summed E-state index contributed by atoms with van der Waals surface area (Å²) in [5.41, 5.74) is 0. The van der Waals surface area contributed by atoms with Gasteiger partial charge in [-0.1, -0.05) is 33.1 Å². The summed E-state index contributed by atoms with van der Waals surface area (Å²) in [6.07, 6.45) is 5.83. The first-order chi connectivity index (χ1) is 4.81. The summed E-state index contributed by atoms with van der Waals surface area (Å²) in [5.74, 6) is 0.608. The zero-order valence-corrected chi connectivity index (χ0v) is 7.06. The molecule has 0 aliphatic rings. The molecular weight excluding hydrogens is 122 g/mol. The lowest BCUT2D eigenvalue weighted by Crippen LogP contribution is -1.91. The van der Waals surface area contributed by atoms with Crippen molar-refractivity contribution in [1.29, 1.82) is 5.26 Å². The summed E-state index contributed by atoms with van der Waals surface area (Å²) in [7, 11) is 0. The van der Waals surface area contributed by atoms with Crippen molar-refractivity contribution in [3.8, 4) is 6.07 Å². The third kappa shape index (κ3) is 5.62. The third-order valence-electron chi connectivity index (χ3n) is 1.74. The molecule has 10 heavy (non-hydrogen) atoms. The van der Waals surface area contributed by atoms with Gasteiger partial charge in [0.2, 0.25) is 0 Å². The molecule has 0 radical (unpaired) electrons. The normalized spacial score (nSPS) is 12.5. The molecule has 0 aliphatic carbocycles. The Kier molecular flexibility index (Phi) is 6.27. The molecule has 0 aliphatic heterocycles. The van der Waals surface area contributed by atoms with Gasteiger partial charge in [-0.3, -0.25) is 0 Å². The smallest absolute Gasteiger partial charge is 0.0624 e. The fourth-order valence-corrected chi connectivity index (χ4v) is 1.00. The van der Waals surface area contributed by atoms with Gasteiger partial charge in [-0.2, -0.15) is 5.26 Å². The van der Waals surface area contributed by atoms with Crippen molar-refractivity contribution in [2.45, 2.75) is 46.0 Å². The van der Waals surface area contributed by atoms with Gasteiger partial charge in [0, 0.05) is 6.42 Å². The maximum Gasteiger partial charge on any atom is 0.0624 e. The van der Waals surface area contributed by atoms with E-state index in [4.69, 9.17) is 5.26 Å². The summed E-state index contributed by atoms with van der Waals surface area (Å²) in [6, 6.07) is 2.19. The Bertz CT molecular complexity index is 102. The van der Waals surface area contributed by atoms with Crippen LogP contribution in [0.4, 0.5) is 0 Å². The van der Waals surface area contributed by atoms with Crippen LogP contribution < -0.4 is 0 Å². The predicted octanol–water partition coefficient (Wildman–Crippen LogP) is 3.12. The average Bonchev–Trinajstić information content (AvgIpc) is 1.89. The zero-order valence-electron chi connectivity index (χ0n) is 7.06. The van der Waals surface area contributed by atoms with Crippen LogP contribution in [-0.2, 0) is 0 Å². The molecule has 0 amide bonds. The molecule has 0 spiro atoms. The zero-order chi connectivity index (χ0) is 7.82. The van der Waals surface area contributed by atoms with Crippen molar-refractivity contribution in [3.05, 3.63) is 0 Å². The van der Waals surface area contributed by atoms with Gasteiger partial charge in [-0.15, -0.1) is 0 Å². The molecular formula is C9H17N. The highest BCUT2D eigenvalue weighted by Crippen LogP contribution is 2.11.